The van der Waals surface area contributed by atoms with Crippen molar-refractivity contribution in [2.24, 2.45) is 5.92 Å². The average molecular weight is 506 g/mol. The van der Waals surface area contributed by atoms with Crippen molar-refractivity contribution in [3.63, 3.8) is 0 Å². The molecule has 0 radical (unpaired) electrons. The molecule has 10 heteroatoms. The number of allylic oxidation sites excluding steroid dienone is 1. The number of esters is 3. The molecule has 1 N–H and O–H groups in total. The Bertz CT molecular complexity index is 903. The minimum Gasteiger partial charge on any atom is -0.464 e. The first kappa shape index (κ1) is 29.0. The van der Waals surface area contributed by atoms with Gasteiger partial charge in [-0.25, -0.2) is 14.4 Å². The maximum atomic E-state index is 13.0. The summed E-state index contributed by atoms with van der Waals surface area (Å²) < 4.78 is 26.5. The Morgan fingerprint density at radius 3 is 2.03 bits per heavy atom. The highest BCUT2D eigenvalue weighted by Crippen LogP contribution is 2.25. The number of amides is 1. The van der Waals surface area contributed by atoms with Gasteiger partial charge in [0.2, 0.25) is 5.54 Å². The molecule has 0 unspecified atom stereocenters. The molecular formula is C26H35NO9. The Kier molecular flexibility index (Phi) is 11.1. The molecule has 1 aromatic carbocycles. The highest BCUT2D eigenvalue weighted by Gasteiger charge is 2.50. The molecule has 2 rings (SSSR count). The number of carbonyl (C=O) groups excluding carboxylic acids is 4. The third-order valence-corrected chi connectivity index (χ3v) is 5.51. The Hall–Kier alpha value is -3.24. The minimum atomic E-state index is -2.06. The van der Waals surface area contributed by atoms with Gasteiger partial charge in [-0.15, -0.1) is 0 Å². The molecule has 198 valence electrons. The summed E-state index contributed by atoms with van der Waals surface area (Å²) in [5, 5.41) is 2.55. The maximum absolute atomic E-state index is 13.0. The van der Waals surface area contributed by atoms with Crippen LogP contribution in [0.4, 0.5) is 0 Å². The topological polar surface area (TPSA) is 126 Å². The molecule has 0 saturated carbocycles. The van der Waals surface area contributed by atoms with E-state index in [9.17, 15) is 19.2 Å². The molecule has 0 atom stereocenters. The largest absolute Gasteiger partial charge is 0.464 e. The lowest BCUT2D eigenvalue weighted by molar-refractivity contribution is -0.273. The van der Waals surface area contributed by atoms with Crippen molar-refractivity contribution < 1.29 is 42.9 Å². The molecule has 0 bridgehead atoms. The summed E-state index contributed by atoms with van der Waals surface area (Å²) in [6, 6.07) is 8.23. The molecule has 36 heavy (non-hydrogen) atoms. The number of carbonyl (C=O) groups is 4. The van der Waals surface area contributed by atoms with E-state index in [4.69, 9.17) is 23.7 Å². The third kappa shape index (κ3) is 7.38. The van der Waals surface area contributed by atoms with Gasteiger partial charge >= 0.3 is 17.9 Å². The van der Waals surface area contributed by atoms with Gasteiger partial charge in [-0.3, -0.25) is 4.79 Å². The predicted octanol–water partition coefficient (Wildman–Crippen LogP) is 2.56. The van der Waals surface area contributed by atoms with E-state index in [2.05, 4.69) is 5.32 Å². The van der Waals surface area contributed by atoms with E-state index in [1.807, 2.05) is 0 Å². The molecule has 10 nitrogen and oxygen atoms in total. The molecule has 1 aliphatic rings. The molecule has 0 aromatic heterocycles. The molecule has 0 aliphatic carbocycles. The Labute approximate surface area is 211 Å². The molecule has 1 heterocycles. The SMILES string of the molecule is CCOC(=O)C1(C)OCC(C/C=C/CC(NC(=O)c2ccccc2)(C(=O)OCC)C(=O)OCC)CO1. The van der Waals surface area contributed by atoms with Crippen LogP contribution in [-0.4, -0.2) is 68.2 Å². The van der Waals surface area contributed by atoms with Crippen molar-refractivity contribution in [2.75, 3.05) is 33.0 Å². The zero-order chi connectivity index (χ0) is 26.6. The third-order valence-electron chi connectivity index (χ3n) is 5.51. The first-order valence-corrected chi connectivity index (χ1v) is 12.0. The van der Waals surface area contributed by atoms with E-state index >= 15 is 0 Å². The highest BCUT2D eigenvalue weighted by atomic mass is 16.7. The minimum absolute atomic E-state index is 0.0148. The standard InChI is InChI=1S/C26H35NO9/c1-5-32-22(29)25(4)35-17-19(18-36-25)13-11-12-16-26(23(30)33-6-2,24(31)34-7-3)27-21(28)20-14-9-8-10-15-20/h8-12,14-15,19H,5-7,13,16-18H2,1-4H3,(H,27,28)/b12-11+. The summed E-state index contributed by atoms with van der Waals surface area (Å²) >= 11 is 0. The number of rotatable bonds is 12. The predicted molar refractivity (Wildman–Crippen MR) is 129 cm³/mol. The summed E-state index contributed by atoms with van der Waals surface area (Å²) in [5.74, 6) is -4.53. The fourth-order valence-electron chi connectivity index (χ4n) is 3.48. The quantitative estimate of drug-likeness (QED) is 0.197. The summed E-state index contributed by atoms with van der Waals surface area (Å²) in [5.41, 5.74) is -1.78. The van der Waals surface area contributed by atoms with Crippen LogP contribution < -0.4 is 5.32 Å². The number of hydrogen-bond acceptors (Lipinski definition) is 9. The van der Waals surface area contributed by atoms with Gasteiger partial charge in [-0.2, -0.15) is 0 Å². The number of hydrogen-bond donors (Lipinski definition) is 1. The van der Waals surface area contributed by atoms with Crippen molar-refractivity contribution in [3.05, 3.63) is 48.0 Å². The van der Waals surface area contributed by atoms with Gasteiger partial charge in [-0.05, 0) is 39.3 Å². The molecule has 1 aliphatic heterocycles. The molecule has 1 aromatic rings. The smallest absolute Gasteiger partial charge is 0.366 e. The van der Waals surface area contributed by atoms with Gasteiger partial charge in [0.25, 0.3) is 11.7 Å². The van der Waals surface area contributed by atoms with Gasteiger partial charge in [0.1, 0.15) is 0 Å². The number of nitrogens with one attached hydrogen (secondary N) is 1. The zero-order valence-electron chi connectivity index (χ0n) is 21.2. The molecular weight excluding hydrogens is 470 g/mol. The molecule has 1 fully saturated rings. The zero-order valence-corrected chi connectivity index (χ0v) is 21.2. The van der Waals surface area contributed by atoms with Crippen molar-refractivity contribution in [1.82, 2.24) is 5.32 Å². The lowest BCUT2D eigenvalue weighted by Gasteiger charge is -2.35. The summed E-state index contributed by atoms with van der Waals surface area (Å²) in [6.45, 7) is 7.19. The van der Waals surface area contributed by atoms with Crippen LogP contribution in [0.3, 0.4) is 0 Å². The van der Waals surface area contributed by atoms with Gasteiger partial charge in [0, 0.05) is 24.8 Å². The number of ether oxygens (including phenoxy) is 5. The van der Waals surface area contributed by atoms with E-state index in [0.29, 0.717) is 6.42 Å². The van der Waals surface area contributed by atoms with Gasteiger partial charge < -0.3 is 29.0 Å². The second-order valence-corrected chi connectivity index (χ2v) is 8.23. The van der Waals surface area contributed by atoms with E-state index in [1.54, 1.807) is 63.3 Å². The molecule has 0 spiro atoms. The van der Waals surface area contributed by atoms with Crippen LogP contribution in [0.2, 0.25) is 0 Å². The van der Waals surface area contributed by atoms with Crippen LogP contribution in [-0.2, 0) is 38.1 Å². The second-order valence-electron chi connectivity index (χ2n) is 8.23. The Morgan fingerprint density at radius 2 is 1.50 bits per heavy atom. The van der Waals surface area contributed by atoms with Crippen molar-refractivity contribution in [2.45, 2.75) is 51.9 Å². The summed E-state index contributed by atoms with van der Waals surface area (Å²) in [6.07, 6.45) is 3.66. The summed E-state index contributed by atoms with van der Waals surface area (Å²) in [7, 11) is 0. The van der Waals surface area contributed by atoms with E-state index in [0.717, 1.165) is 0 Å². The van der Waals surface area contributed by atoms with Gasteiger partial charge in [0.15, 0.2) is 0 Å². The van der Waals surface area contributed by atoms with Crippen LogP contribution in [0.15, 0.2) is 42.5 Å². The first-order chi connectivity index (χ1) is 17.2. The lowest BCUT2D eigenvalue weighted by atomic mass is 9.93. The van der Waals surface area contributed by atoms with Crippen LogP contribution in [0.25, 0.3) is 0 Å². The first-order valence-electron chi connectivity index (χ1n) is 12.0. The monoisotopic (exact) mass is 505 g/mol. The normalized spacial score (nSPS) is 19.9. The van der Waals surface area contributed by atoms with E-state index in [-0.39, 0.29) is 50.9 Å². The summed E-state index contributed by atoms with van der Waals surface area (Å²) in [4.78, 5) is 50.9. The maximum Gasteiger partial charge on any atom is 0.366 e. The van der Waals surface area contributed by atoms with Crippen LogP contribution in [0.1, 0.15) is 50.9 Å². The number of benzene rings is 1. The van der Waals surface area contributed by atoms with E-state index < -0.39 is 35.1 Å². The fraction of sp³-hybridized carbons (Fsp3) is 0.538. The fourth-order valence-corrected chi connectivity index (χ4v) is 3.48. The van der Waals surface area contributed by atoms with Crippen LogP contribution in [0.5, 0.6) is 0 Å². The van der Waals surface area contributed by atoms with Crippen molar-refractivity contribution in [3.8, 4) is 0 Å². The second kappa shape index (κ2) is 13.7. The van der Waals surface area contributed by atoms with Crippen LogP contribution in [0, 0.1) is 5.92 Å². The Morgan fingerprint density at radius 1 is 0.944 bits per heavy atom. The lowest BCUT2D eigenvalue weighted by Crippen LogP contribution is -2.61. The van der Waals surface area contributed by atoms with Crippen molar-refractivity contribution >= 4 is 23.8 Å². The molecule has 1 saturated heterocycles. The average Bonchev–Trinajstić information content (AvgIpc) is 2.87. The van der Waals surface area contributed by atoms with Crippen molar-refractivity contribution in [1.29, 1.82) is 0 Å². The highest BCUT2D eigenvalue weighted by molar-refractivity contribution is 6.10. The van der Waals surface area contributed by atoms with E-state index in [1.165, 1.54) is 6.92 Å². The van der Waals surface area contributed by atoms with Gasteiger partial charge in [0.05, 0.1) is 33.0 Å². The van der Waals surface area contributed by atoms with Crippen LogP contribution >= 0.6 is 0 Å². The Balaban J connectivity index is 2.14. The molecule has 1 amide bonds. The van der Waals surface area contributed by atoms with Gasteiger partial charge in [-0.1, -0.05) is 30.4 Å².